The van der Waals surface area contributed by atoms with Gasteiger partial charge in [-0.25, -0.2) is 0 Å². The zero-order valence-electron chi connectivity index (χ0n) is 14.7. The molecule has 0 bridgehead atoms. The van der Waals surface area contributed by atoms with Crippen molar-refractivity contribution < 1.29 is 14.6 Å². The Labute approximate surface area is 156 Å². The van der Waals surface area contributed by atoms with E-state index in [1.54, 1.807) is 13.3 Å². The summed E-state index contributed by atoms with van der Waals surface area (Å²) in [5, 5.41) is 22.3. The van der Waals surface area contributed by atoms with E-state index < -0.39 is 6.10 Å². The summed E-state index contributed by atoms with van der Waals surface area (Å²) in [6, 6.07) is 5.58. The SMILES string of the molecule is COCc1nnc(NC(=O)CN2CCC([C@@H](O)c3ccccn3)CC2)s1. The summed E-state index contributed by atoms with van der Waals surface area (Å²) in [5.41, 5.74) is 0.715. The number of carbonyl (C=O) groups is 1. The van der Waals surface area contributed by atoms with E-state index in [1.807, 2.05) is 18.2 Å². The topological polar surface area (TPSA) is 100 Å². The van der Waals surface area contributed by atoms with Gasteiger partial charge in [-0.1, -0.05) is 17.4 Å². The second-order valence-electron chi connectivity index (χ2n) is 6.30. The van der Waals surface area contributed by atoms with Gasteiger partial charge >= 0.3 is 0 Å². The van der Waals surface area contributed by atoms with E-state index in [9.17, 15) is 9.90 Å². The van der Waals surface area contributed by atoms with Crippen LogP contribution in [0.25, 0.3) is 0 Å². The number of hydrogen-bond acceptors (Lipinski definition) is 8. The minimum Gasteiger partial charge on any atom is -0.387 e. The molecule has 2 aromatic heterocycles. The standard InChI is InChI=1S/C17H23N5O3S/c1-25-11-15-20-21-17(26-15)19-14(23)10-22-8-5-12(6-9-22)16(24)13-4-2-3-7-18-13/h2-4,7,12,16,24H,5-6,8-11H2,1H3,(H,19,21,23)/t16-/m1/s1. The van der Waals surface area contributed by atoms with E-state index in [0.29, 0.717) is 24.0 Å². The number of methoxy groups -OCH3 is 1. The van der Waals surface area contributed by atoms with Crippen LogP contribution in [-0.4, -0.2) is 57.8 Å². The van der Waals surface area contributed by atoms with Crippen LogP contribution in [0.5, 0.6) is 0 Å². The van der Waals surface area contributed by atoms with Crippen LogP contribution in [0.4, 0.5) is 5.13 Å². The molecule has 26 heavy (non-hydrogen) atoms. The molecule has 1 aliphatic rings. The summed E-state index contributed by atoms with van der Waals surface area (Å²) in [7, 11) is 1.59. The van der Waals surface area contributed by atoms with E-state index in [0.717, 1.165) is 30.9 Å². The van der Waals surface area contributed by atoms with Gasteiger partial charge in [0.25, 0.3) is 0 Å². The van der Waals surface area contributed by atoms with Crippen molar-refractivity contribution in [3.63, 3.8) is 0 Å². The molecule has 2 N–H and O–H groups in total. The van der Waals surface area contributed by atoms with Crippen molar-refractivity contribution in [3.05, 3.63) is 35.1 Å². The molecule has 1 amide bonds. The van der Waals surface area contributed by atoms with Crippen LogP contribution in [0.3, 0.4) is 0 Å². The molecule has 0 radical (unpaired) electrons. The molecule has 140 valence electrons. The van der Waals surface area contributed by atoms with Crippen LogP contribution in [0, 0.1) is 5.92 Å². The highest BCUT2D eigenvalue weighted by molar-refractivity contribution is 7.15. The number of amides is 1. The molecule has 2 aromatic rings. The van der Waals surface area contributed by atoms with Crippen LogP contribution in [0.1, 0.15) is 29.6 Å². The van der Waals surface area contributed by atoms with E-state index in [1.165, 1.54) is 11.3 Å². The van der Waals surface area contributed by atoms with Crippen LogP contribution in [0.15, 0.2) is 24.4 Å². The van der Waals surface area contributed by atoms with Gasteiger partial charge in [0, 0.05) is 13.3 Å². The third kappa shape index (κ3) is 5.04. The lowest BCUT2D eigenvalue weighted by Gasteiger charge is -2.33. The largest absolute Gasteiger partial charge is 0.387 e. The summed E-state index contributed by atoms with van der Waals surface area (Å²) in [6.07, 6.45) is 2.82. The molecule has 0 aliphatic carbocycles. The second kappa shape index (κ2) is 9.13. The number of pyridine rings is 1. The Morgan fingerprint density at radius 1 is 1.42 bits per heavy atom. The van der Waals surface area contributed by atoms with Crippen molar-refractivity contribution in [1.82, 2.24) is 20.1 Å². The molecule has 1 aliphatic heterocycles. The van der Waals surface area contributed by atoms with Crippen molar-refractivity contribution in [3.8, 4) is 0 Å². The van der Waals surface area contributed by atoms with Crippen LogP contribution in [-0.2, 0) is 16.1 Å². The Hall–Kier alpha value is -1.94. The first-order valence-electron chi connectivity index (χ1n) is 8.58. The van der Waals surface area contributed by atoms with Crippen LogP contribution >= 0.6 is 11.3 Å². The maximum absolute atomic E-state index is 12.2. The molecule has 1 fully saturated rings. The molecular formula is C17H23N5O3S. The number of rotatable bonds is 7. The quantitative estimate of drug-likeness (QED) is 0.753. The van der Waals surface area contributed by atoms with Crippen molar-refractivity contribution in [2.45, 2.75) is 25.6 Å². The van der Waals surface area contributed by atoms with E-state index in [4.69, 9.17) is 4.74 Å². The molecule has 1 saturated heterocycles. The number of aromatic nitrogens is 3. The minimum absolute atomic E-state index is 0.103. The molecule has 0 saturated carbocycles. The normalized spacial score (nSPS) is 17.2. The molecule has 0 spiro atoms. The molecule has 0 aromatic carbocycles. The van der Waals surface area contributed by atoms with Gasteiger partial charge in [-0.2, -0.15) is 0 Å². The van der Waals surface area contributed by atoms with Crippen LogP contribution in [0.2, 0.25) is 0 Å². The van der Waals surface area contributed by atoms with E-state index >= 15 is 0 Å². The molecule has 3 heterocycles. The highest BCUT2D eigenvalue weighted by Gasteiger charge is 2.27. The Bertz CT molecular complexity index is 703. The van der Waals surface area contributed by atoms with Crippen molar-refractivity contribution in [2.75, 3.05) is 32.1 Å². The number of ether oxygens (including phenoxy) is 1. The molecule has 9 heteroatoms. The fourth-order valence-electron chi connectivity index (χ4n) is 3.07. The minimum atomic E-state index is -0.548. The average Bonchev–Trinajstić information content (AvgIpc) is 3.09. The highest BCUT2D eigenvalue weighted by Crippen LogP contribution is 2.29. The number of aliphatic hydroxyl groups excluding tert-OH is 1. The van der Waals surface area contributed by atoms with Gasteiger partial charge in [0.2, 0.25) is 11.0 Å². The highest BCUT2D eigenvalue weighted by atomic mass is 32.1. The molecule has 1 atom stereocenters. The van der Waals surface area contributed by atoms with E-state index in [2.05, 4.69) is 25.4 Å². The Balaban J connectivity index is 1.44. The number of nitrogens with zero attached hydrogens (tertiary/aromatic N) is 4. The second-order valence-corrected chi connectivity index (χ2v) is 7.36. The van der Waals surface area contributed by atoms with Gasteiger partial charge in [0.05, 0.1) is 18.3 Å². The maximum Gasteiger partial charge on any atom is 0.240 e. The third-order valence-corrected chi connectivity index (χ3v) is 5.23. The number of piperidine rings is 1. The first-order chi connectivity index (χ1) is 12.7. The van der Waals surface area contributed by atoms with Gasteiger partial charge in [-0.15, -0.1) is 10.2 Å². The lowest BCUT2D eigenvalue weighted by atomic mass is 9.89. The number of carbonyl (C=O) groups excluding carboxylic acids is 1. The fourth-order valence-corrected chi connectivity index (χ4v) is 3.80. The van der Waals surface area contributed by atoms with Crippen LogP contribution < -0.4 is 5.32 Å². The summed E-state index contributed by atoms with van der Waals surface area (Å²) >= 11 is 1.31. The predicted molar refractivity (Wildman–Crippen MR) is 97.6 cm³/mol. The molecule has 0 unspecified atom stereocenters. The predicted octanol–water partition coefficient (Wildman–Crippen LogP) is 1.46. The molecule has 8 nitrogen and oxygen atoms in total. The number of anilines is 1. The average molecular weight is 377 g/mol. The summed E-state index contributed by atoms with van der Waals surface area (Å²) in [6.45, 7) is 2.24. The lowest BCUT2D eigenvalue weighted by molar-refractivity contribution is -0.117. The number of nitrogens with one attached hydrogen (secondary N) is 1. The molecule has 3 rings (SSSR count). The van der Waals surface area contributed by atoms with Gasteiger partial charge in [-0.05, 0) is 44.0 Å². The van der Waals surface area contributed by atoms with Gasteiger partial charge < -0.3 is 9.84 Å². The van der Waals surface area contributed by atoms with Crippen molar-refractivity contribution in [2.24, 2.45) is 5.92 Å². The summed E-state index contributed by atoms with van der Waals surface area (Å²) in [4.78, 5) is 18.5. The van der Waals surface area contributed by atoms with E-state index in [-0.39, 0.29) is 11.8 Å². The van der Waals surface area contributed by atoms with Gasteiger partial charge in [-0.3, -0.25) is 20.0 Å². The fraction of sp³-hybridized carbons (Fsp3) is 0.529. The maximum atomic E-state index is 12.2. The zero-order chi connectivity index (χ0) is 18.4. The van der Waals surface area contributed by atoms with Crippen molar-refractivity contribution in [1.29, 1.82) is 0 Å². The lowest BCUT2D eigenvalue weighted by Crippen LogP contribution is -2.40. The smallest absolute Gasteiger partial charge is 0.240 e. The van der Waals surface area contributed by atoms with Gasteiger partial charge in [0.15, 0.2) is 0 Å². The number of hydrogen-bond donors (Lipinski definition) is 2. The Morgan fingerprint density at radius 2 is 2.23 bits per heavy atom. The van der Waals surface area contributed by atoms with Gasteiger partial charge in [0.1, 0.15) is 11.6 Å². The summed E-state index contributed by atoms with van der Waals surface area (Å²) in [5.74, 6) is 0.0674. The summed E-state index contributed by atoms with van der Waals surface area (Å²) < 4.78 is 4.99. The first kappa shape index (κ1) is 18.8. The number of aliphatic hydroxyl groups is 1. The monoisotopic (exact) mass is 377 g/mol. The third-order valence-electron chi connectivity index (χ3n) is 4.42. The Kier molecular flexibility index (Phi) is 6.62. The first-order valence-corrected chi connectivity index (χ1v) is 9.40. The molecular weight excluding hydrogens is 354 g/mol. The Morgan fingerprint density at radius 3 is 2.92 bits per heavy atom. The number of likely N-dealkylation sites (tertiary alicyclic amines) is 1. The van der Waals surface area contributed by atoms with Crippen molar-refractivity contribution >= 4 is 22.4 Å². The zero-order valence-corrected chi connectivity index (χ0v) is 15.5.